The van der Waals surface area contributed by atoms with E-state index in [1.807, 2.05) is 36.4 Å². The van der Waals surface area contributed by atoms with Crippen LogP contribution in [0.15, 0.2) is 212 Å². The molecular weight excluding hydrogens is 744 g/mol. The molecule has 0 heterocycles. The number of rotatable bonds is 14. The van der Waals surface area contributed by atoms with Crippen molar-refractivity contribution in [1.82, 2.24) is 0 Å². The summed E-state index contributed by atoms with van der Waals surface area (Å²) in [7, 11) is 0. The molecule has 8 aromatic carbocycles. The standard InChI is InChI=1S/C54H49O4P/c1-2-3-39-59(50-13-7-4-8-14-50,51-15-9-5-10-16-51,52-17-11-6-12-18-52)58-49-37-29-45(30-38-49)54(44-27-35-48(57)36-28-44)41-21-19-40(20-22-41)53(42-23-31-46(55)32-24-42)43-25-33-47(56)34-26-43/h4-38,53-57H,2-3,39H2,1H3. The van der Waals surface area contributed by atoms with Gasteiger partial charge in [-0.2, -0.15) is 0 Å². The number of hydrogen-bond acceptors (Lipinski definition) is 4. The summed E-state index contributed by atoms with van der Waals surface area (Å²) in [4.78, 5) is 0. The van der Waals surface area contributed by atoms with Gasteiger partial charge in [0.15, 0.2) is 0 Å². The predicted octanol–water partition coefficient (Wildman–Crippen LogP) is 11.8. The molecule has 0 aliphatic rings. The molecule has 3 N–H and O–H groups in total. The monoisotopic (exact) mass is 792 g/mol. The van der Waals surface area contributed by atoms with E-state index in [0.717, 1.165) is 58.1 Å². The average molecular weight is 793 g/mol. The molecule has 0 radical (unpaired) electrons. The first kappa shape index (κ1) is 39.2. The summed E-state index contributed by atoms with van der Waals surface area (Å²) in [5.74, 6) is 1.21. The predicted molar refractivity (Wildman–Crippen MR) is 245 cm³/mol. The van der Waals surface area contributed by atoms with Crippen molar-refractivity contribution < 1.29 is 19.8 Å². The second kappa shape index (κ2) is 17.1. The third-order valence-corrected chi connectivity index (χ3v) is 17.6. The van der Waals surface area contributed by atoms with Gasteiger partial charge in [-0.3, -0.25) is 0 Å². The quantitative estimate of drug-likeness (QED) is 0.0758. The second-order valence-corrected chi connectivity index (χ2v) is 19.9. The molecule has 0 amide bonds. The van der Waals surface area contributed by atoms with Crippen LogP contribution in [0.25, 0.3) is 0 Å². The Kier molecular flexibility index (Phi) is 11.4. The average Bonchev–Trinajstić information content (AvgIpc) is 3.29. The van der Waals surface area contributed by atoms with E-state index in [9.17, 15) is 15.3 Å². The van der Waals surface area contributed by atoms with Crippen molar-refractivity contribution in [2.24, 2.45) is 0 Å². The van der Waals surface area contributed by atoms with Gasteiger partial charge in [0, 0.05) is 0 Å². The molecule has 0 fully saturated rings. The summed E-state index contributed by atoms with van der Waals surface area (Å²) in [6, 6.07) is 72.0. The minimum atomic E-state index is -3.58. The van der Waals surface area contributed by atoms with Crippen LogP contribution in [0.2, 0.25) is 0 Å². The Morgan fingerprint density at radius 1 is 0.373 bits per heavy atom. The molecule has 4 nitrogen and oxygen atoms in total. The molecule has 0 saturated heterocycles. The zero-order chi connectivity index (χ0) is 40.7. The molecule has 0 spiro atoms. The van der Waals surface area contributed by atoms with Gasteiger partial charge in [-0.1, -0.05) is 24.3 Å². The summed E-state index contributed by atoms with van der Waals surface area (Å²) in [6.45, 7) is -1.33. The molecule has 0 aromatic heterocycles. The fourth-order valence-electron chi connectivity index (χ4n) is 8.72. The van der Waals surface area contributed by atoms with E-state index < -0.39 is 6.83 Å². The van der Waals surface area contributed by atoms with Gasteiger partial charge in [0.1, 0.15) is 11.5 Å². The van der Waals surface area contributed by atoms with Crippen molar-refractivity contribution in [3.8, 4) is 23.0 Å². The fourth-order valence-corrected chi connectivity index (χ4v) is 14.7. The maximum atomic E-state index is 10.3. The molecule has 0 bridgehead atoms. The van der Waals surface area contributed by atoms with Gasteiger partial charge in [-0.15, -0.1) is 0 Å². The maximum absolute atomic E-state index is 10.3. The Labute approximate surface area is 347 Å². The summed E-state index contributed by atoms with van der Waals surface area (Å²) in [6.07, 6.45) is 2.89. The summed E-state index contributed by atoms with van der Waals surface area (Å²) >= 11 is 0. The van der Waals surface area contributed by atoms with Gasteiger partial charge in [-0.25, -0.2) is 0 Å². The molecule has 0 aliphatic heterocycles. The van der Waals surface area contributed by atoms with E-state index >= 15 is 0 Å². The number of hydrogen-bond donors (Lipinski definition) is 3. The van der Waals surface area contributed by atoms with E-state index in [1.165, 1.54) is 15.9 Å². The number of aromatic hydroxyl groups is 3. The van der Waals surface area contributed by atoms with E-state index in [1.54, 1.807) is 36.4 Å². The third-order valence-electron chi connectivity index (χ3n) is 11.6. The summed E-state index contributed by atoms with van der Waals surface area (Å²) in [5, 5.41) is 34.0. The van der Waals surface area contributed by atoms with Crippen molar-refractivity contribution >= 4 is 22.7 Å². The van der Waals surface area contributed by atoms with Gasteiger partial charge >= 0.3 is 279 Å². The Hall–Kier alpha value is -6.61. The normalized spacial score (nSPS) is 12.7. The summed E-state index contributed by atoms with van der Waals surface area (Å²) in [5.41, 5.74) is 6.40. The van der Waals surface area contributed by atoms with Crippen LogP contribution in [-0.2, 0) is 0 Å². The molecule has 1 atom stereocenters. The number of benzene rings is 8. The van der Waals surface area contributed by atoms with Crippen molar-refractivity contribution in [2.45, 2.75) is 31.6 Å². The van der Waals surface area contributed by atoms with Gasteiger partial charge < -0.3 is 10.2 Å². The number of unbranched alkanes of at least 4 members (excludes halogenated alkanes) is 1. The van der Waals surface area contributed by atoms with Crippen LogP contribution in [0, 0.1) is 0 Å². The Morgan fingerprint density at radius 3 is 0.932 bits per heavy atom. The van der Waals surface area contributed by atoms with Crippen LogP contribution in [0.5, 0.6) is 23.0 Å². The molecule has 8 aromatic rings. The topological polar surface area (TPSA) is 69.9 Å². The molecule has 1 unspecified atom stereocenters. The molecule has 5 heteroatoms. The van der Waals surface area contributed by atoms with Crippen LogP contribution >= 0.6 is 6.83 Å². The number of phenolic OH excluding ortho intramolecular Hbond substituents is 3. The zero-order valence-corrected chi connectivity index (χ0v) is 34.1. The molecule has 0 aliphatic carbocycles. The van der Waals surface area contributed by atoms with Crippen LogP contribution in [-0.4, -0.2) is 21.5 Å². The zero-order valence-electron chi connectivity index (χ0n) is 33.2. The molecule has 0 saturated carbocycles. The van der Waals surface area contributed by atoms with Gasteiger partial charge in [-0.05, 0) is 24.3 Å². The molecule has 59 heavy (non-hydrogen) atoms. The SMILES string of the molecule is CCCCP(Oc1ccc(C(c2ccc(O)cc2)c2ccc(C(c3ccc(O)cc3)c3ccc(O)cc3)cc2)cc1)(c1ccccc1)(c1ccccc1)c1ccccc1. The van der Waals surface area contributed by atoms with Gasteiger partial charge in [0.05, 0.1) is 0 Å². The third kappa shape index (κ3) is 7.72. The van der Waals surface area contributed by atoms with E-state index in [-0.39, 0.29) is 29.1 Å². The van der Waals surface area contributed by atoms with Crippen molar-refractivity contribution in [3.05, 3.63) is 246 Å². The van der Waals surface area contributed by atoms with E-state index in [0.29, 0.717) is 0 Å². The first-order chi connectivity index (χ1) is 28.9. The van der Waals surface area contributed by atoms with E-state index in [4.69, 9.17) is 4.52 Å². The van der Waals surface area contributed by atoms with Crippen molar-refractivity contribution in [1.29, 1.82) is 0 Å². The van der Waals surface area contributed by atoms with Gasteiger partial charge in [0.2, 0.25) is 0 Å². The second-order valence-electron chi connectivity index (χ2n) is 15.3. The van der Waals surface area contributed by atoms with Crippen LogP contribution in [0.1, 0.15) is 65.0 Å². The Balaban J connectivity index is 1.23. The summed E-state index contributed by atoms with van der Waals surface area (Å²) < 4.78 is 7.82. The van der Waals surface area contributed by atoms with E-state index in [2.05, 4.69) is 146 Å². The Morgan fingerprint density at radius 2 is 0.644 bits per heavy atom. The van der Waals surface area contributed by atoms with Crippen molar-refractivity contribution in [3.63, 3.8) is 0 Å². The van der Waals surface area contributed by atoms with Crippen LogP contribution in [0.3, 0.4) is 0 Å². The van der Waals surface area contributed by atoms with Crippen molar-refractivity contribution in [2.75, 3.05) is 6.16 Å². The number of phenols is 3. The molecular formula is C54H49O4P. The fraction of sp³-hybridized carbons (Fsp3) is 0.111. The first-order valence-corrected chi connectivity index (χ1v) is 22.7. The molecule has 8 rings (SSSR count). The Bertz CT molecular complexity index is 2410. The van der Waals surface area contributed by atoms with Crippen LogP contribution in [0.4, 0.5) is 0 Å². The first-order valence-electron chi connectivity index (χ1n) is 20.3. The minimum absolute atomic E-state index is 0.114. The van der Waals surface area contributed by atoms with Gasteiger partial charge in [0.25, 0.3) is 0 Å². The van der Waals surface area contributed by atoms with Crippen LogP contribution < -0.4 is 20.4 Å². The molecule has 294 valence electrons.